The first-order valence-corrected chi connectivity index (χ1v) is 8.51. The average Bonchev–Trinajstić information content (AvgIpc) is 3.17. The lowest BCUT2D eigenvalue weighted by atomic mass is 10.1. The minimum Gasteiger partial charge on any atom is -0.494 e. The van der Waals surface area contributed by atoms with Crippen molar-refractivity contribution in [2.24, 2.45) is 0 Å². The van der Waals surface area contributed by atoms with E-state index in [0.29, 0.717) is 23.7 Å². The Balaban J connectivity index is 1.77. The number of fused-ring (bicyclic) bond motifs is 1. The molecular formula is C19H19N5O2. The molecule has 4 rings (SSSR count). The van der Waals surface area contributed by atoms with E-state index in [1.54, 1.807) is 19.4 Å². The number of ether oxygens (including phenoxy) is 1. The first-order valence-electron chi connectivity index (χ1n) is 8.51. The molecule has 0 bridgehead atoms. The summed E-state index contributed by atoms with van der Waals surface area (Å²) < 4.78 is 5.44. The summed E-state index contributed by atoms with van der Waals surface area (Å²) in [6.45, 7) is 0.662. The minimum absolute atomic E-state index is 0.0819. The fourth-order valence-corrected chi connectivity index (χ4v) is 3.49. The molecular weight excluding hydrogens is 330 g/mol. The fraction of sp³-hybridized carbons (Fsp3) is 0.263. The lowest BCUT2D eigenvalue weighted by molar-refractivity contribution is 0.0731. The molecule has 132 valence electrons. The standard InChI is InChI=1S/C19H19N5O2/c1-26-16-11-21-13-6-3-2-5-12(13)18(16)19(25)24-10-4-7-15(24)14-8-9-17(20)23-22-14/h2-3,5-6,8-9,11,15H,4,7,10H2,1H3,(H2,20,23). The molecule has 0 radical (unpaired) electrons. The molecule has 26 heavy (non-hydrogen) atoms. The number of hydrogen-bond acceptors (Lipinski definition) is 6. The number of amides is 1. The van der Waals surface area contributed by atoms with E-state index in [2.05, 4.69) is 15.2 Å². The molecule has 1 aromatic carbocycles. The van der Waals surface area contributed by atoms with Gasteiger partial charge >= 0.3 is 0 Å². The van der Waals surface area contributed by atoms with Crippen molar-refractivity contribution in [2.45, 2.75) is 18.9 Å². The summed E-state index contributed by atoms with van der Waals surface area (Å²) in [6, 6.07) is 11.0. The Bertz CT molecular complexity index is 958. The normalized spacial score (nSPS) is 16.8. The Morgan fingerprint density at radius 2 is 2.08 bits per heavy atom. The Morgan fingerprint density at radius 3 is 2.85 bits per heavy atom. The molecule has 0 saturated carbocycles. The molecule has 0 aliphatic carbocycles. The van der Waals surface area contributed by atoms with E-state index in [1.807, 2.05) is 35.2 Å². The number of carbonyl (C=O) groups is 1. The van der Waals surface area contributed by atoms with Crippen molar-refractivity contribution >= 4 is 22.6 Å². The van der Waals surface area contributed by atoms with Gasteiger partial charge in [-0.05, 0) is 31.0 Å². The van der Waals surface area contributed by atoms with Crippen LogP contribution in [0.1, 0.15) is 34.9 Å². The molecule has 1 atom stereocenters. The number of pyridine rings is 1. The molecule has 1 aliphatic rings. The van der Waals surface area contributed by atoms with Crippen molar-refractivity contribution in [2.75, 3.05) is 19.4 Å². The summed E-state index contributed by atoms with van der Waals surface area (Å²) >= 11 is 0. The number of rotatable bonds is 3. The lowest BCUT2D eigenvalue weighted by Gasteiger charge is -2.25. The summed E-state index contributed by atoms with van der Waals surface area (Å²) in [5, 5.41) is 8.89. The molecule has 2 N–H and O–H groups in total. The number of nitrogens with zero attached hydrogens (tertiary/aromatic N) is 4. The van der Waals surface area contributed by atoms with Crippen LogP contribution in [0, 0.1) is 0 Å². The van der Waals surface area contributed by atoms with Crippen molar-refractivity contribution in [3.8, 4) is 5.75 Å². The number of anilines is 1. The van der Waals surface area contributed by atoms with E-state index in [4.69, 9.17) is 10.5 Å². The predicted octanol–water partition coefficient (Wildman–Crippen LogP) is 2.59. The van der Waals surface area contributed by atoms with E-state index in [0.717, 1.165) is 29.4 Å². The van der Waals surface area contributed by atoms with Crippen molar-refractivity contribution in [1.29, 1.82) is 0 Å². The van der Waals surface area contributed by atoms with Gasteiger partial charge in [0.2, 0.25) is 0 Å². The van der Waals surface area contributed by atoms with Gasteiger partial charge in [0, 0.05) is 11.9 Å². The summed E-state index contributed by atoms with van der Waals surface area (Å²) in [6.07, 6.45) is 3.35. The second kappa shape index (κ2) is 6.59. The maximum atomic E-state index is 13.4. The van der Waals surface area contributed by atoms with Crippen LogP contribution in [0.15, 0.2) is 42.6 Å². The van der Waals surface area contributed by atoms with Crippen LogP contribution in [0.3, 0.4) is 0 Å². The Hall–Kier alpha value is -3.22. The zero-order valence-electron chi connectivity index (χ0n) is 14.4. The smallest absolute Gasteiger partial charge is 0.258 e. The Labute approximate surface area is 150 Å². The van der Waals surface area contributed by atoms with E-state index in [9.17, 15) is 4.79 Å². The number of aromatic nitrogens is 3. The molecule has 7 heteroatoms. The van der Waals surface area contributed by atoms with Crippen molar-refractivity contribution in [1.82, 2.24) is 20.1 Å². The number of nitrogens with two attached hydrogens (primary N) is 1. The summed E-state index contributed by atoms with van der Waals surface area (Å²) in [4.78, 5) is 19.7. The summed E-state index contributed by atoms with van der Waals surface area (Å²) in [7, 11) is 1.55. The number of carbonyl (C=O) groups excluding carboxylic acids is 1. The lowest BCUT2D eigenvalue weighted by Crippen LogP contribution is -2.31. The second-order valence-corrected chi connectivity index (χ2v) is 6.26. The van der Waals surface area contributed by atoms with Crippen LogP contribution < -0.4 is 10.5 Å². The molecule has 1 unspecified atom stereocenters. The van der Waals surface area contributed by atoms with Gasteiger partial charge in [0.25, 0.3) is 5.91 Å². The third-order valence-corrected chi connectivity index (χ3v) is 4.74. The number of hydrogen-bond donors (Lipinski definition) is 1. The number of methoxy groups -OCH3 is 1. The van der Waals surface area contributed by atoms with Crippen LogP contribution in [0.5, 0.6) is 5.75 Å². The van der Waals surface area contributed by atoms with Gasteiger partial charge in [-0.1, -0.05) is 18.2 Å². The molecule has 3 heterocycles. The van der Waals surface area contributed by atoms with Gasteiger partial charge in [-0.25, -0.2) is 0 Å². The second-order valence-electron chi connectivity index (χ2n) is 6.26. The third-order valence-electron chi connectivity index (χ3n) is 4.74. The van der Waals surface area contributed by atoms with Crippen LogP contribution in [0.25, 0.3) is 10.9 Å². The molecule has 3 aromatic rings. The van der Waals surface area contributed by atoms with Crippen LogP contribution in [0.2, 0.25) is 0 Å². The molecule has 1 aliphatic heterocycles. The topological polar surface area (TPSA) is 94.2 Å². The summed E-state index contributed by atoms with van der Waals surface area (Å²) in [5.41, 5.74) is 7.68. The van der Waals surface area contributed by atoms with Crippen LogP contribution in [-0.2, 0) is 0 Å². The number of nitrogen functional groups attached to an aromatic ring is 1. The Kier molecular flexibility index (Phi) is 4.12. The third kappa shape index (κ3) is 2.71. The Morgan fingerprint density at radius 1 is 1.23 bits per heavy atom. The number of benzene rings is 1. The zero-order chi connectivity index (χ0) is 18.1. The van der Waals surface area contributed by atoms with Crippen LogP contribution >= 0.6 is 0 Å². The molecule has 1 amide bonds. The van der Waals surface area contributed by atoms with Gasteiger partial charge in [-0.3, -0.25) is 9.78 Å². The highest BCUT2D eigenvalue weighted by Gasteiger charge is 2.34. The monoisotopic (exact) mass is 349 g/mol. The number of para-hydroxylation sites is 1. The zero-order valence-corrected chi connectivity index (χ0v) is 14.4. The van der Waals surface area contributed by atoms with Gasteiger partial charge in [0.1, 0.15) is 5.82 Å². The SMILES string of the molecule is COc1cnc2ccccc2c1C(=O)N1CCCC1c1ccc(N)nn1. The van der Waals surface area contributed by atoms with Crippen LogP contribution in [-0.4, -0.2) is 39.6 Å². The molecule has 0 spiro atoms. The van der Waals surface area contributed by atoms with Gasteiger partial charge in [-0.15, -0.1) is 5.10 Å². The maximum absolute atomic E-state index is 13.4. The van der Waals surface area contributed by atoms with Crippen molar-refractivity contribution in [3.05, 3.63) is 53.9 Å². The predicted molar refractivity (Wildman–Crippen MR) is 97.8 cm³/mol. The van der Waals surface area contributed by atoms with Crippen LogP contribution in [0.4, 0.5) is 5.82 Å². The molecule has 1 fully saturated rings. The molecule has 1 saturated heterocycles. The summed E-state index contributed by atoms with van der Waals surface area (Å²) in [5.74, 6) is 0.760. The first-order chi connectivity index (χ1) is 12.7. The van der Waals surface area contributed by atoms with E-state index in [-0.39, 0.29) is 11.9 Å². The molecule has 7 nitrogen and oxygen atoms in total. The largest absolute Gasteiger partial charge is 0.494 e. The maximum Gasteiger partial charge on any atom is 0.258 e. The van der Waals surface area contributed by atoms with Gasteiger partial charge in [0.15, 0.2) is 5.75 Å². The van der Waals surface area contributed by atoms with E-state index >= 15 is 0 Å². The van der Waals surface area contributed by atoms with Gasteiger partial charge in [-0.2, -0.15) is 5.10 Å². The quantitative estimate of drug-likeness (QED) is 0.781. The average molecular weight is 349 g/mol. The fourth-order valence-electron chi connectivity index (χ4n) is 3.49. The highest BCUT2D eigenvalue weighted by atomic mass is 16.5. The van der Waals surface area contributed by atoms with Gasteiger partial charge in [0.05, 0.1) is 36.1 Å². The van der Waals surface area contributed by atoms with E-state index < -0.39 is 0 Å². The first kappa shape index (κ1) is 16.3. The van der Waals surface area contributed by atoms with Crippen molar-refractivity contribution < 1.29 is 9.53 Å². The minimum atomic E-state index is -0.118. The molecule has 2 aromatic heterocycles. The van der Waals surface area contributed by atoms with E-state index in [1.165, 1.54) is 0 Å². The van der Waals surface area contributed by atoms with Gasteiger partial charge < -0.3 is 15.4 Å². The highest BCUT2D eigenvalue weighted by molar-refractivity contribution is 6.08. The highest BCUT2D eigenvalue weighted by Crippen LogP contribution is 2.35. The van der Waals surface area contributed by atoms with Crippen molar-refractivity contribution in [3.63, 3.8) is 0 Å². The number of likely N-dealkylation sites (tertiary alicyclic amines) is 1.